The fourth-order valence-electron chi connectivity index (χ4n) is 1.40. The standard InChI is InChI=1S/C12H7F2NO2/c13-8-1-2-10(14)9(6-8)11-5-7(12(16)17)3-4-15-11/h1-6H,(H,16,17). The fraction of sp³-hybridized carbons (Fsp3) is 0. The third kappa shape index (κ3) is 2.28. The van der Waals surface area contributed by atoms with Crippen LogP contribution >= 0.6 is 0 Å². The average molecular weight is 235 g/mol. The van der Waals surface area contributed by atoms with Crippen molar-refractivity contribution in [2.45, 2.75) is 0 Å². The van der Waals surface area contributed by atoms with Gasteiger partial charge in [-0.15, -0.1) is 0 Å². The van der Waals surface area contributed by atoms with E-state index in [1.165, 1.54) is 18.3 Å². The number of carboxylic acids is 1. The Morgan fingerprint density at radius 3 is 2.65 bits per heavy atom. The largest absolute Gasteiger partial charge is 0.478 e. The lowest BCUT2D eigenvalue weighted by molar-refractivity contribution is 0.0697. The fourth-order valence-corrected chi connectivity index (χ4v) is 1.40. The predicted octanol–water partition coefficient (Wildman–Crippen LogP) is 2.73. The van der Waals surface area contributed by atoms with Gasteiger partial charge in [-0.05, 0) is 30.3 Å². The maximum atomic E-state index is 13.4. The SMILES string of the molecule is O=C(O)c1ccnc(-c2cc(F)ccc2F)c1. The summed E-state index contributed by atoms with van der Waals surface area (Å²) in [5.74, 6) is -2.41. The van der Waals surface area contributed by atoms with Crippen LogP contribution in [0.25, 0.3) is 11.3 Å². The zero-order valence-electron chi connectivity index (χ0n) is 8.52. The number of carboxylic acid groups (broad SMARTS) is 1. The topological polar surface area (TPSA) is 50.2 Å². The van der Waals surface area contributed by atoms with Crippen molar-refractivity contribution in [2.75, 3.05) is 0 Å². The van der Waals surface area contributed by atoms with Crippen LogP contribution in [0.3, 0.4) is 0 Å². The minimum atomic E-state index is -1.15. The molecule has 0 saturated heterocycles. The third-order valence-electron chi connectivity index (χ3n) is 2.21. The highest BCUT2D eigenvalue weighted by atomic mass is 19.1. The van der Waals surface area contributed by atoms with Crippen LogP contribution in [-0.2, 0) is 0 Å². The number of nitrogens with zero attached hydrogens (tertiary/aromatic N) is 1. The highest BCUT2D eigenvalue weighted by Crippen LogP contribution is 2.22. The molecule has 0 aliphatic heterocycles. The highest BCUT2D eigenvalue weighted by molar-refractivity contribution is 5.88. The first-order valence-electron chi connectivity index (χ1n) is 4.72. The van der Waals surface area contributed by atoms with Crippen molar-refractivity contribution in [1.29, 1.82) is 0 Å². The zero-order chi connectivity index (χ0) is 12.4. The molecule has 2 rings (SSSR count). The molecule has 0 aliphatic carbocycles. The van der Waals surface area contributed by atoms with Gasteiger partial charge in [0, 0.05) is 11.8 Å². The molecular weight excluding hydrogens is 228 g/mol. The number of hydrogen-bond acceptors (Lipinski definition) is 2. The summed E-state index contributed by atoms with van der Waals surface area (Å²) in [5.41, 5.74) is -0.00587. The first-order chi connectivity index (χ1) is 8.08. The molecule has 3 nitrogen and oxygen atoms in total. The molecule has 5 heteroatoms. The Balaban J connectivity index is 2.56. The first kappa shape index (κ1) is 11.2. The van der Waals surface area contributed by atoms with Crippen LogP contribution in [0.1, 0.15) is 10.4 Å². The number of hydrogen-bond donors (Lipinski definition) is 1. The van der Waals surface area contributed by atoms with E-state index in [0.29, 0.717) is 0 Å². The summed E-state index contributed by atoms with van der Waals surface area (Å²) in [6.07, 6.45) is 1.24. The number of carbonyl (C=O) groups is 1. The summed E-state index contributed by atoms with van der Waals surface area (Å²) >= 11 is 0. The number of pyridine rings is 1. The summed E-state index contributed by atoms with van der Waals surface area (Å²) < 4.78 is 26.4. The van der Waals surface area contributed by atoms with Gasteiger partial charge >= 0.3 is 5.97 Å². The summed E-state index contributed by atoms with van der Waals surface area (Å²) in [6.45, 7) is 0. The van der Waals surface area contributed by atoms with E-state index in [4.69, 9.17) is 5.11 Å². The predicted molar refractivity (Wildman–Crippen MR) is 56.5 cm³/mol. The van der Waals surface area contributed by atoms with Crippen LogP contribution < -0.4 is 0 Å². The van der Waals surface area contributed by atoms with Gasteiger partial charge in [-0.3, -0.25) is 4.98 Å². The van der Waals surface area contributed by atoms with Crippen molar-refractivity contribution >= 4 is 5.97 Å². The highest BCUT2D eigenvalue weighted by Gasteiger charge is 2.10. The monoisotopic (exact) mass is 235 g/mol. The van der Waals surface area contributed by atoms with E-state index in [9.17, 15) is 13.6 Å². The van der Waals surface area contributed by atoms with Crippen LogP contribution in [-0.4, -0.2) is 16.1 Å². The van der Waals surface area contributed by atoms with Gasteiger partial charge in [-0.1, -0.05) is 0 Å². The molecule has 0 unspecified atom stereocenters. The molecule has 86 valence electrons. The Kier molecular flexibility index (Phi) is 2.82. The van der Waals surface area contributed by atoms with Crippen LogP contribution in [0.4, 0.5) is 8.78 Å². The number of halogens is 2. The Bertz CT molecular complexity index is 584. The summed E-state index contributed by atoms with van der Waals surface area (Å²) in [6, 6.07) is 5.41. The average Bonchev–Trinajstić information content (AvgIpc) is 2.32. The van der Waals surface area contributed by atoms with Gasteiger partial charge in [0.15, 0.2) is 0 Å². The van der Waals surface area contributed by atoms with E-state index in [1.54, 1.807) is 0 Å². The molecule has 0 atom stereocenters. The molecule has 2 aromatic rings. The molecule has 17 heavy (non-hydrogen) atoms. The van der Waals surface area contributed by atoms with Gasteiger partial charge in [0.1, 0.15) is 11.6 Å². The van der Waals surface area contributed by atoms with E-state index in [-0.39, 0.29) is 16.8 Å². The van der Waals surface area contributed by atoms with Gasteiger partial charge in [0.05, 0.1) is 11.3 Å². The Labute approximate surface area is 95.4 Å². The van der Waals surface area contributed by atoms with Crippen molar-refractivity contribution in [3.8, 4) is 11.3 Å². The van der Waals surface area contributed by atoms with Crippen molar-refractivity contribution in [3.05, 3.63) is 53.7 Å². The van der Waals surface area contributed by atoms with Crippen molar-refractivity contribution < 1.29 is 18.7 Å². The lowest BCUT2D eigenvalue weighted by Crippen LogP contribution is -1.98. The van der Waals surface area contributed by atoms with E-state index in [1.807, 2.05) is 0 Å². The lowest BCUT2D eigenvalue weighted by atomic mass is 10.1. The van der Waals surface area contributed by atoms with Crippen molar-refractivity contribution in [3.63, 3.8) is 0 Å². The molecule has 0 radical (unpaired) electrons. The molecule has 0 saturated carbocycles. The summed E-state index contributed by atoms with van der Waals surface area (Å²) in [7, 11) is 0. The number of aromatic nitrogens is 1. The molecular formula is C12H7F2NO2. The van der Waals surface area contributed by atoms with E-state index in [0.717, 1.165) is 18.2 Å². The smallest absolute Gasteiger partial charge is 0.335 e. The number of aromatic carboxylic acids is 1. The first-order valence-corrected chi connectivity index (χ1v) is 4.72. The lowest BCUT2D eigenvalue weighted by Gasteiger charge is -2.03. The minimum Gasteiger partial charge on any atom is -0.478 e. The molecule has 0 spiro atoms. The van der Waals surface area contributed by atoms with Crippen molar-refractivity contribution in [2.24, 2.45) is 0 Å². The second-order valence-corrected chi connectivity index (χ2v) is 3.36. The second-order valence-electron chi connectivity index (χ2n) is 3.36. The van der Waals surface area contributed by atoms with Gasteiger partial charge in [0.25, 0.3) is 0 Å². The van der Waals surface area contributed by atoms with Gasteiger partial charge in [0.2, 0.25) is 0 Å². The molecule has 0 aliphatic rings. The second kappa shape index (κ2) is 4.29. The third-order valence-corrected chi connectivity index (χ3v) is 2.21. The molecule has 1 heterocycles. The van der Waals surface area contributed by atoms with Crippen LogP contribution in [0.5, 0.6) is 0 Å². The minimum absolute atomic E-state index is 0.0290. The maximum Gasteiger partial charge on any atom is 0.335 e. The molecule has 1 aromatic heterocycles. The van der Waals surface area contributed by atoms with Crippen LogP contribution in [0, 0.1) is 11.6 Å². The summed E-state index contributed by atoms with van der Waals surface area (Å²) in [4.78, 5) is 14.6. The summed E-state index contributed by atoms with van der Waals surface area (Å²) in [5, 5.41) is 8.78. The number of rotatable bonds is 2. The van der Waals surface area contributed by atoms with Gasteiger partial charge in [-0.2, -0.15) is 0 Å². The molecule has 1 aromatic carbocycles. The zero-order valence-corrected chi connectivity index (χ0v) is 8.52. The molecule has 0 bridgehead atoms. The quantitative estimate of drug-likeness (QED) is 0.870. The Hall–Kier alpha value is -2.30. The van der Waals surface area contributed by atoms with E-state index < -0.39 is 17.6 Å². The van der Waals surface area contributed by atoms with Crippen LogP contribution in [0.15, 0.2) is 36.5 Å². The van der Waals surface area contributed by atoms with Gasteiger partial charge in [-0.25, -0.2) is 13.6 Å². The molecule has 0 fully saturated rings. The number of benzene rings is 1. The van der Waals surface area contributed by atoms with Crippen molar-refractivity contribution in [1.82, 2.24) is 4.98 Å². The van der Waals surface area contributed by atoms with Crippen LogP contribution in [0.2, 0.25) is 0 Å². The maximum absolute atomic E-state index is 13.4. The van der Waals surface area contributed by atoms with Gasteiger partial charge < -0.3 is 5.11 Å². The van der Waals surface area contributed by atoms with E-state index >= 15 is 0 Å². The Morgan fingerprint density at radius 1 is 1.18 bits per heavy atom. The molecule has 0 amide bonds. The normalized spacial score (nSPS) is 10.2. The Morgan fingerprint density at radius 2 is 1.94 bits per heavy atom. The van der Waals surface area contributed by atoms with E-state index in [2.05, 4.69) is 4.98 Å². The molecule has 1 N–H and O–H groups in total.